The van der Waals surface area contributed by atoms with Crippen molar-refractivity contribution in [3.05, 3.63) is 54.4 Å². The SMILES string of the molecule is CNN(C(=O)O)C(CC=O)c1ccc(-c2ccccc2)cn1. The van der Waals surface area contributed by atoms with Crippen LogP contribution in [0, 0.1) is 0 Å². The minimum absolute atomic E-state index is 0.0326. The normalized spacial score (nSPS) is 11.7. The summed E-state index contributed by atoms with van der Waals surface area (Å²) in [5.41, 5.74) is 5.04. The van der Waals surface area contributed by atoms with E-state index in [2.05, 4.69) is 10.4 Å². The predicted molar refractivity (Wildman–Crippen MR) is 82.0 cm³/mol. The van der Waals surface area contributed by atoms with Crippen molar-refractivity contribution in [2.24, 2.45) is 0 Å². The van der Waals surface area contributed by atoms with Gasteiger partial charge in [-0.25, -0.2) is 15.2 Å². The Hall–Kier alpha value is -2.73. The van der Waals surface area contributed by atoms with Gasteiger partial charge in [-0.15, -0.1) is 0 Å². The number of nitrogens with one attached hydrogen (secondary N) is 1. The third-order valence-corrected chi connectivity index (χ3v) is 3.31. The van der Waals surface area contributed by atoms with Gasteiger partial charge in [0.2, 0.25) is 0 Å². The lowest BCUT2D eigenvalue weighted by Crippen LogP contribution is -2.42. The van der Waals surface area contributed by atoms with Gasteiger partial charge in [-0.2, -0.15) is 0 Å². The van der Waals surface area contributed by atoms with Crippen LogP contribution in [0.5, 0.6) is 0 Å². The van der Waals surface area contributed by atoms with Crippen LogP contribution >= 0.6 is 0 Å². The van der Waals surface area contributed by atoms with Gasteiger partial charge >= 0.3 is 6.09 Å². The summed E-state index contributed by atoms with van der Waals surface area (Å²) >= 11 is 0. The quantitative estimate of drug-likeness (QED) is 0.632. The molecule has 2 rings (SSSR count). The highest BCUT2D eigenvalue weighted by Crippen LogP contribution is 2.23. The summed E-state index contributed by atoms with van der Waals surface area (Å²) in [7, 11) is 1.49. The molecule has 1 atom stereocenters. The van der Waals surface area contributed by atoms with Crippen molar-refractivity contribution in [2.45, 2.75) is 12.5 Å². The fourth-order valence-corrected chi connectivity index (χ4v) is 2.24. The zero-order valence-corrected chi connectivity index (χ0v) is 12.1. The Labute approximate surface area is 128 Å². The van der Waals surface area contributed by atoms with Crippen LogP contribution in [0.1, 0.15) is 18.2 Å². The standard InChI is InChI=1S/C16H17N3O3/c1-17-19(16(21)22)15(9-10-20)14-8-7-13(11-18-14)12-5-3-2-4-6-12/h2-8,10-11,15,17H,9H2,1H3,(H,21,22). The van der Waals surface area contributed by atoms with Crippen LogP contribution in [-0.2, 0) is 4.79 Å². The van der Waals surface area contributed by atoms with E-state index in [-0.39, 0.29) is 6.42 Å². The second-order valence-corrected chi connectivity index (χ2v) is 4.63. The molecule has 1 aromatic heterocycles. The zero-order chi connectivity index (χ0) is 15.9. The zero-order valence-electron chi connectivity index (χ0n) is 12.1. The van der Waals surface area contributed by atoms with Crippen LogP contribution in [-0.4, -0.2) is 34.5 Å². The highest BCUT2D eigenvalue weighted by molar-refractivity contribution is 5.66. The number of carboxylic acid groups (broad SMARTS) is 1. The molecule has 1 amide bonds. The summed E-state index contributed by atoms with van der Waals surface area (Å²) in [5.74, 6) is 0. The van der Waals surface area contributed by atoms with Crippen LogP contribution in [0.25, 0.3) is 11.1 Å². The maximum atomic E-state index is 11.2. The van der Waals surface area contributed by atoms with Crippen molar-refractivity contribution in [3.8, 4) is 11.1 Å². The molecule has 0 spiro atoms. The number of aldehydes is 1. The van der Waals surface area contributed by atoms with Crippen molar-refractivity contribution in [2.75, 3.05) is 7.05 Å². The molecule has 1 aromatic carbocycles. The van der Waals surface area contributed by atoms with E-state index < -0.39 is 12.1 Å². The monoisotopic (exact) mass is 299 g/mol. The number of hydrogen-bond acceptors (Lipinski definition) is 4. The van der Waals surface area contributed by atoms with E-state index in [9.17, 15) is 14.7 Å². The molecule has 0 aliphatic carbocycles. The molecule has 1 unspecified atom stereocenters. The second-order valence-electron chi connectivity index (χ2n) is 4.63. The topological polar surface area (TPSA) is 82.5 Å². The first-order valence-corrected chi connectivity index (χ1v) is 6.82. The van der Waals surface area contributed by atoms with E-state index in [4.69, 9.17) is 0 Å². The molecule has 2 N–H and O–H groups in total. The van der Waals surface area contributed by atoms with Gasteiger partial charge in [0, 0.05) is 25.2 Å². The van der Waals surface area contributed by atoms with Gasteiger partial charge in [0.05, 0.1) is 5.69 Å². The van der Waals surface area contributed by atoms with Crippen LogP contribution in [0.15, 0.2) is 48.7 Å². The first-order valence-electron chi connectivity index (χ1n) is 6.82. The van der Waals surface area contributed by atoms with Crippen molar-refractivity contribution in [3.63, 3.8) is 0 Å². The molecule has 0 saturated carbocycles. The average Bonchev–Trinajstić information content (AvgIpc) is 2.55. The molecule has 6 nitrogen and oxygen atoms in total. The minimum Gasteiger partial charge on any atom is -0.464 e. The van der Waals surface area contributed by atoms with Crippen molar-refractivity contribution >= 4 is 12.4 Å². The number of aromatic nitrogens is 1. The molecule has 22 heavy (non-hydrogen) atoms. The van der Waals surface area contributed by atoms with Gasteiger partial charge in [-0.1, -0.05) is 36.4 Å². The Morgan fingerprint density at radius 3 is 2.50 bits per heavy atom. The Morgan fingerprint density at radius 1 is 1.27 bits per heavy atom. The summed E-state index contributed by atoms with van der Waals surface area (Å²) in [5, 5.41) is 10.2. The summed E-state index contributed by atoms with van der Waals surface area (Å²) in [6.07, 6.45) is 1.23. The number of pyridine rings is 1. The van der Waals surface area contributed by atoms with Crippen LogP contribution in [0.3, 0.4) is 0 Å². The molecule has 0 fully saturated rings. The summed E-state index contributed by atoms with van der Waals surface area (Å²) in [6.45, 7) is 0. The third kappa shape index (κ3) is 3.48. The molecule has 0 saturated heterocycles. The Kier molecular flexibility index (Phi) is 5.21. The molecular formula is C16H17N3O3. The Bertz CT molecular complexity index is 629. The molecule has 2 aromatic rings. The fraction of sp³-hybridized carbons (Fsp3) is 0.188. The second kappa shape index (κ2) is 7.33. The van der Waals surface area contributed by atoms with E-state index in [0.29, 0.717) is 12.0 Å². The number of carbonyl (C=O) groups is 2. The maximum absolute atomic E-state index is 11.2. The molecule has 0 aliphatic rings. The van der Waals surface area contributed by atoms with Crippen molar-refractivity contribution in [1.82, 2.24) is 15.4 Å². The predicted octanol–water partition coefficient (Wildman–Crippen LogP) is 2.49. The maximum Gasteiger partial charge on any atom is 0.422 e. The molecule has 6 heteroatoms. The van der Waals surface area contributed by atoms with Gasteiger partial charge < -0.3 is 9.90 Å². The van der Waals surface area contributed by atoms with E-state index in [1.165, 1.54) is 7.05 Å². The minimum atomic E-state index is -1.16. The Morgan fingerprint density at radius 2 is 2.00 bits per heavy atom. The van der Waals surface area contributed by atoms with Gasteiger partial charge in [-0.05, 0) is 11.6 Å². The molecule has 114 valence electrons. The molecule has 0 radical (unpaired) electrons. The van der Waals surface area contributed by atoms with E-state index in [1.807, 2.05) is 36.4 Å². The first-order chi connectivity index (χ1) is 10.7. The summed E-state index contributed by atoms with van der Waals surface area (Å²) < 4.78 is 0. The summed E-state index contributed by atoms with van der Waals surface area (Å²) in [4.78, 5) is 26.4. The highest BCUT2D eigenvalue weighted by atomic mass is 16.4. The molecule has 1 heterocycles. The van der Waals surface area contributed by atoms with E-state index in [0.717, 1.165) is 16.1 Å². The number of carbonyl (C=O) groups excluding carboxylic acids is 1. The van der Waals surface area contributed by atoms with Crippen LogP contribution in [0.4, 0.5) is 4.79 Å². The van der Waals surface area contributed by atoms with Gasteiger partial charge in [-0.3, -0.25) is 4.98 Å². The average molecular weight is 299 g/mol. The number of benzene rings is 1. The van der Waals surface area contributed by atoms with Crippen LogP contribution in [0.2, 0.25) is 0 Å². The van der Waals surface area contributed by atoms with Gasteiger partial charge in [0.15, 0.2) is 0 Å². The van der Waals surface area contributed by atoms with Crippen molar-refractivity contribution < 1.29 is 14.7 Å². The molecule has 0 aliphatic heterocycles. The number of hydrogen-bond donors (Lipinski definition) is 2. The van der Waals surface area contributed by atoms with Crippen molar-refractivity contribution in [1.29, 1.82) is 0 Å². The van der Waals surface area contributed by atoms with Crippen LogP contribution < -0.4 is 5.43 Å². The van der Waals surface area contributed by atoms with E-state index >= 15 is 0 Å². The first kappa shape index (κ1) is 15.7. The van der Waals surface area contributed by atoms with E-state index in [1.54, 1.807) is 12.3 Å². The lowest BCUT2D eigenvalue weighted by Gasteiger charge is -2.26. The number of hydrazine groups is 1. The number of amides is 1. The van der Waals surface area contributed by atoms with Gasteiger partial charge in [0.1, 0.15) is 12.3 Å². The third-order valence-electron chi connectivity index (χ3n) is 3.31. The number of nitrogens with zero attached hydrogens (tertiary/aromatic N) is 2. The highest BCUT2D eigenvalue weighted by Gasteiger charge is 2.24. The largest absolute Gasteiger partial charge is 0.464 e. The molecule has 0 bridgehead atoms. The Balaban J connectivity index is 2.30. The smallest absolute Gasteiger partial charge is 0.422 e. The fourth-order valence-electron chi connectivity index (χ4n) is 2.24. The molecular weight excluding hydrogens is 282 g/mol. The van der Waals surface area contributed by atoms with Gasteiger partial charge in [0.25, 0.3) is 0 Å². The summed E-state index contributed by atoms with van der Waals surface area (Å²) in [6, 6.07) is 12.7. The lowest BCUT2D eigenvalue weighted by molar-refractivity contribution is -0.109. The lowest BCUT2D eigenvalue weighted by atomic mass is 10.1. The number of rotatable bonds is 6.